The van der Waals surface area contributed by atoms with E-state index in [9.17, 15) is 0 Å². The van der Waals surface area contributed by atoms with Crippen molar-refractivity contribution in [3.63, 3.8) is 0 Å². The van der Waals surface area contributed by atoms with E-state index < -0.39 is 0 Å². The molecule has 0 radical (unpaired) electrons. The average Bonchev–Trinajstić information content (AvgIpc) is 2.71. The first-order valence-electron chi connectivity index (χ1n) is 9.89. The lowest BCUT2D eigenvalue weighted by Crippen LogP contribution is -2.33. The molecule has 3 nitrogen and oxygen atoms in total. The van der Waals surface area contributed by atoms with E-state index in [1.54, 1.807) is 7.11 Å². The van der Waals surface area contributed by atoms with Crippen LogP contribution >= 0.6 is 0 Å². The van der Waals surface area contributed by atoms with Crippen LogP contribution in [0.1, 0.15) is 36.8 Å². The molecule has 3 heteroatoms. The quantitative estimate of drug-likeness (QED) is 0.666. The monoisotopic (exact) mass is 353 g/mol. The summed E-state index contributed by atoms with van der Waals surface area (Å²) in [5.74, 6) is 2.66. The number of rotatable bonds is 9. The van der Waals surface area contributed by atoms with Gasteiger partial charge in [0.1, 0.15) is 11.5 Å². The first kappa shape index (κ1) is 18.8. The molecular weight excluding hydrogens is 322 g/mol. The van der Waals surface area contributed by atoms with E-state index in [0.717, 1.165) is 44.0 Å². The van der Waals surface area contributed by atoms with Crippen LogP contribution in [0.5, 0.6) is 11.5 Å². The molecule has 26 heavy (non-hydrogen) atoms. The molecule has 1 N–H and O–H groups in total. The Morgan fingerprint density at radius 1 is 1.04 bits per heavy atom. The van der Waals surface area contributed by atoms with Crippen molar-refractivity contribution in [3.8, 4) is 11.5 Å². The van der Waals surface area contributed by atoms with E-state index in [1.807, 2.05) is 6.07 Å². The normalized spacial score (nSPS) is 17.0. The van der Waals surface area contributed by atoms with Crippen LogP contribution in [0.4, 0.5) is 0 Å². The molecule has 1 saturated heterocycles. The summed E-state index contributed by atoms with van der Waals surface area (Å²) >= 11 is 0. The van der Waals surface area contributed by atoms with Crippen LogP contribution in [0.2, 0.25) is 0 Å². The number of nitrogens with one attached hydrogen (secondary N) is 1. The highest BCUT2D eigenvalue weighted by atomic mass is 16.5. The van der Waals surface area contributed by atoms with Crippen LogP contribution in [-0.2, 0) is 12.8 Å². The third-order valence-electron chi connectivity index (χ3n) is 5.14. The Morgan fingerprint density at radius 3 is 2.77 bits per heavy atom. The molecular formula is C23H31NO2. The molecule has 0 saturated carbocycles. The Balaban J connectivity index is 1.45. The second-order valence-electron chi connectivity index (χ2n) is 7.19. The third kappa shape index (κ3) is 5.77. The van der Waals surface area contributed by atoms with Crippen LogP contribution in [0, 0.1) is 5.92 Å². The molecule has 0 aromatic heterocycles. The molecule has 1 fully saturated rings. The summed E-state index contributed by atoms with van der Waals surface area (Å²) in [6.45, 7) is 3.07. The lowest BCUT2D eigenvalue weighted by Gasteiger charge is -2.23. The van der Waals surface area contributed by atoms with Gasteiger partial charge in [0.05, 0.1) is 13.7 Å². The number of aryl methyl sites for hydroxylation is 2. The highest BCUT2D eigenvalue weighted by molar-refractivity contribution is 5.33. The van der Waals surface area contributed by atoms with Gasteiger partial charge in [-0.05, 0) is 74.4 Å². The number of para-hydroxylation sites is 1. The molecule has 1 heterocycles. The summed E-state index contributed by atoms with van der Waals surface area (Å²) in [6.07, 6.45) is 7.04. The zero-order valence-corrected chi connectivity index (χ0v) is 15.9. The summed E-state index contributed by atoms with van der Waals surface area (Å²) in [5.41, 5.74) is 2.68. The highest BCUT2D eigenvalue weighted by Gasteiger charge is 2.14. The van der Waals surface area contributed by atoms with Crippen LogP contribution in [-0.4, -0.2) is 26.8 Å². The minimum Gasteiger partial charge on any atom is -0.497 e. The fourth-order valence-electron chi connectivity index (χ4n) is 3.60. The number of unbranched alkanes of at least 4 members (excludes halogenated alkanes) is 1. The Kier molecular flexibility index (Phi) is 7.38. The second-order valence-corrected chi connectivity index (χ2v) is 7.19. The van der Waals surface area contributed by atoms with Crippen LogP contribution in [0.15, 0.2) is 48.5 Å². The topological polar surface area (TPSA) is 30.5 Å². The lowest BCUT2D eigenvalue weighted by atomic mass is 10.0. The van der Waals surface area contributed by atoms with Gasteiger partial charge in [-0.3, -0.25) is 0 Å². The average molecular weight is 354 g/mol. The summed E-state index contributed by atoms with van der Waals surface area (Å²) in [6, 6.07) is 16.9. The maximum atomic E-state index is 6.17. The van der Waals surface area contributed by atoms with Crippen molar-refractivity contribution in [3.05, 3.63) is 59.7 Å². The minimum absolute atomic E-state index is 0.643. The Bertz CT molecular complexity index is 665. The van der Waals surface area contributed by atoms with E-state index in [1.165, 1.54) is 36.8 Å². The number of methoxy groups -OCH3 is 1. The number of ether oxygens (including phenoxy) is 2. The maximum Gasteiger partial charge on any atom is 0.122 e. The lowest BCUT2D eigenvalue weighted by molar-refractivity contribution is 0.217. The third-order valence-corrected chi connectivity index (χ3v) is 5.14. The molecule has 0 amide bonds. The fraction of sp³-hybridized carbons (Fsp3) is 0.478. The predicted octanol–water partition coefficient (Wildman–Crippen LogP) is 4.64. The number of piperidine rings is 1. The molecule has 1 aliphatic rings. The number of hydrogen-bond donors (Lipinski definition) is 1. The number of benzene rings is 2. The maximum absolute atomic E-state index is 6.17. The molecule has 1 unspecified atom stereocenters. The van der Waals surface area contributed by atoms with Crippen molar-refractivity contribution in [2.75, 3.05) is 26.8 Å². The molecule has 0 aliphatic carbocycles. The van der Waals surface area contributed by atoms with Crippen molar-refractivity contribution >= 4 is 0 Å². The molecule has 1 aliphatic heterocycles. The molecule has 2 aromatic rings. The fourth-order valence-corrected chi connectivity index (χ4v) is 3.60. The van der Waals surface area contributed by atoms with Gasteiger partial charge in [-0.25, -0.2) is 0 Å². The summed E-state index contributed by atoms with van der Waals surface area (Å²) in [5, 5.41) is 3.46. The molecule has 140 valence electrons. The van der Waals surface area contributed by atoms with Gasteiger partial charge in [-0.15, -0.1) is 0 Å². The Hall–Kier alpha value is -2.00. The van der Waals surface area contributed by atoms with Gasteiger partial charge < -0.3 is 14.8 Å². The zero-order valence-electron chi connectivity index (χ0n) is 15.9. The van der Waals surface area contributed by atoms with Crippen LogP contribution in [0.3, 0.4) is 0 Å². The smallest absolute Gasteiger partial charge is 0.122 e. The molecule has 0 bridgehead atoms. The van der Waals surface area contributed by atoms with Gasteiger partial charge in [0.15, 0.2) is 0 Å². The van der Waals surface area contributed by atoms with Gasteiger partial charge in [-0.1, -0.05) is 30.3 Å². The largest absolute Gasteiger partial charge is 0.497 e. The molecule has 1 atom stereocenters. The first-order valence-corrected chi connectivity index (χ1v) is 9.89. The van der Waals surface area contributed by atoms with E-state index in [0.29, 0.717) is 5.92 Å². The van der Waals surface area contributed by atoms with E-state index in [-0.39, 0.29) is 0 Å². The Morgan fingerprint density at radius 2 is 1.92 bits per heavy atom. The standard InChI is InChI=1S/C23H31NO2/c1-25-22-13-6-9-19(16-22)8-2-3-11-21-12-4-5-14-23(21)26-18-20-10-7-15-24-17-20/h4-6,9,12-14,16,20,24H,2-3,7-8,10-11,15,17-18H2,1H3. The molecule has 3 rings (SSSR count). The zero-order chi connectivity index (χ0) is 18.0. The van der Waals surface area contributed by atoms with Gasteiger partial charge in [0, 0.05) is 12.5 Å². The Labute approximate surface area is 157 Å². The van der Waals surface area contributed by atoms with Crippen molar-refractivity contribution in [1.82, 2.24) is 5.32 Å². The SMILES string of the molecule is COc1cccc(CCCCc2ccccc2OCC2CCCNC2)c1. The van der Waals surface area contributed by atoms with E-state index >= 15 is 0 Å². The van der Waals surface area contributed by atoms with Gasteiger partial charge in [0.2, 0.25) is 0 Å². The summed E-state index contributed by atoms with van der Waals surface area (Å²) in [7, 11) is 1.72. The van der Waals surface area contributed by atoms with E-state index in [2.05, 4.69) is 47.8 Å². The molecule has 0 spiro atoms. The number of hydrogen-bond acceptors (Lipinski definition) is 3. The van der Waals surface area contributed by atoms with Crippen molar-refractivity contribution in [2.24, 2.45) is 5.92 Å². The van der Waals surface area contributed by atoms with Crippen molar-refractivity contribution in [1.29, 1.82) is 0 Å². The van der Waals surface area contributed by atoms with Crippen LogP contribution < -0.4 is 14.8 Å². The van der Waals surface area contributed by atoms with Crippen molar-refractivity contribution in [2.45, 2.75) is 38.5 Å². The van der Waals surface area contributed by atoms with Gasteiger partial charge in [0.25, 0.3) is 0 Å². The molecule has 2 aromatic carbocycles. The van der Waals surface area contributed by atoms with Gasteiger partial charge >= 0.3 is 0 Å². The van der Waals surface area contributed by atoms with Crippen LogP contribution in [0.25, 0.3) is 0 Å². The summed E-state index contributed by atoms with van der Waals surface area (Å²) < 4.78 is 11.5. The highest BCUT2D eigenvalue weighted by Crippen LogP contribution is 2.23. The minimum atomic E-state index is 0.643. The van der Waals surface area contributed by atoms with Crippen molar-refractivity contribution < 1.29 is 9.47 Å². The van der Waals surface area contributed by atoms with Gasteiger partial charge in [-0.2, -0.15) is 0 Å². The first-order chi connectivity index (χ1) is 12.8. The van der Waals surface area contributed by atoms with E-state index in [4.69, 9.17) is 9.47 Å². The summed E-state index contributed by atoms with van der Waals surface area (Å²) in [4.78, 5) is 0. The second kappa shape index (κ2) is 10.2. The predicted molar refractivity (Wildman–Crippen MR) is 107 cm³/mol.